The summed E-state index contributed by atoms with van der Waals surface area (Å²) in [6, 6.07) is 8.31. The summed E-state index contributed by atoms with van der Waals surface area (Å²) in [5.74, 6) is 2.25. The van der Waals surface area contributed by atoms with Gasteiger partial charge in [-0.25, -0.2) is 4.79 Å². The molecule has 0 saturated heterocycles. The maximum absolute atomic E-state index is 12.2. The molecule has 0 amide bonds. The van der Waals surface area contributed by atoms with Crippen molar-refractivity contribution in [1.82, 2.24) is 0 Å². The van der Waals surface area contributed by atoms with Gasteiger partial charge in [-0.1, -0.05) is 71.1 Å². The van der Waals surface area contributed by atoms with Gasteiger partial charge in [0.1, 0.15) is 0 Å². The highest BCUT2D eigenvalue weighted by atomic mass is 16.5. The van der Waals surface area contributed by atoms with Gasteiger partial charge in [-0.05, 0) is 128 Å². The molecular formula is C37H53NO2. The standard InChI is InChI=1S/C37H53NO2/c1-8-17-36(26-12-10-25(11-13-26)31(39)40-7)22-24-37(38)23-21-34(5)27(30(36)37)14-15-29-33(4)19-9-18-32(2,3)28(33)16-20-35(29,34)6/h8-13,17-18,27-30H,14-16,19-24,38H2,1-7H3/t27-,28-,29-,30-,33+,34-,35-,36-,37+/m1/s1. The van der Waals surface area contributed by atoms with Crippen LogP contribution in [0.3, 0.4) is 0 Å². The summed E-state index contributed by atoms with van der Waals surface area (Å²) >= 11 is 0. The molecule has 3 nitrogen and oxygen atoms in total. The van der Waals surface area contributed by atoms with Crippen LogP contribution in [0.25, 0.3) is 0 Å². The van der Waals surface area contributed by atoms with Gasteiger partial charge in [-0.15, -0.1) is 0 Å². The van der Waals surface area contributed by atoms with Crippen molar-refractivity contribution in [2.24, 2.45) is 51.1 Å². The molecule has 40 heavy (non-hydrogen) atoms. The average molecular weight is 544 g/mol. The molecule has 6 rings (SSSR count). The van der Waals surface area contributed by atoms with Crippen LogP contribution in [0.2, 0.25) is 0 Å². The van der Waals surface area contributed by atoms with Crippen molar-refractivity contribution < 1.29 is 9.53 Å². The lowest BCUT2D eigenvalue weighted by Gasteiger charge is -2.72. The highest BCUT2D eigenvalue weighted by Crippen LogP contribution is 2.76. The van der Waals surface area contributed by atoms with Crippen LogP contribution in [0, 0.1) is 45.3 Å². The van der Waals surface area contributed by atoms with E-state index in [0.29, 0.717) is 28.2 Å². The summed E-state index contributed by atoms with van der Waals surface area (Å²) in [6.07, 6.45) is 20.9. The number of methoxy groups -OCH3 is 1. The second-order valence-corrected chi connectivity index (χ2v) is 15.9. The van der Waals surface area contributed by atoms with Gasteiger partial charge in [0.05, 0.1) is 12.7 Å². The molecule has 0 bridgehead atoms. The normalized spacial score (nSPS) is 47.2. The third-order valence-corrected chi connectivity index (χ3v) is 14.2. The summed E-state index contributed by atoms with van der Waals surface area (Å²) in [5, 5.41) is 0. The zero-order chi connectivity index (χ0) is 28.8. The monoisotopic (exact) mass is 543 g/mol. The van der Waals surface area contributed by atoms with Gasteiger partial charge in [0.25, 0.3) is 0 Å². The van der Waals surface area contributed by atoms with Crippen LogP contribution in [0.4, 0.5) is 0 Å². The molecule has 0 aliphatic heterocycles. The summed E-state index contributed by atoms with van der Waals surface area (Å²) in [5.41, 5.74) is 10.5. The van der Waals surface area contributed by atoms with Crippen LogP contribution < -0.4 is 5.73 Å². The number of hydrogen-bond donors (Lipinski definition) is 1. The Labute approximate surface area is 243 Å². The molecule has 5 aliphatic carbocycles. The van der Waals surface area contributed by atoms with Gasteiger partial charge in [-0.2, -0.15) is 0 Å². The number of allylic oxidation sites excluding steroid dienone is 4. The molecule has 0 aromatic heterocycles. The number of carbonyl (C=O) groups excluding carboxylic acids is 1. The lowest BCUT2D eigenvalue weighted by molar-refractivity contribution is -0.219. The Morgan fingerprint density at radius 3 is 2.27 bits per heavy atom. The van der Waals surface area contributed by atoms with E-state index in [0.717, 1.165) is 31.1 Å². The third kappa shape index (κ3) is 3.55. The molecular weight excluding hydrogens is 490 g/mol. The Morgan fingerprint density at radius 2 is 1.60 bits per heavy atom. The van der Waals surface area contributed by atoms with Crippen molar-refractivity contribution in [2.75, 3.05) is 7.11 Å². The predicted molar refractivity (Wildman–Crippen MR) is 164 cm³/mol. The summed E-state index contributed by atoms with van der Waals surface area (Å²) in [4.78, 5) is 12.2. The first-order valence-electron chi connectivity index (χ1n) is 16.1. The fraction of sp³-hybridized carbons (Fsp3) is 0.703. The summed E-state index contributed by atoms with van der Waals surface area (Å²) < 4.78 is 5.00. The Morgan fingerprint density at radius 1 is 0.900 bits per heavy atom. The van der Waals surface area contributed by atoms with Crippen molar-refractivity contribution in [2.45, 2.75) is 110 Å². The number of rotatable bonds is 3. The molecule has 1 aromatic carbocycles. The molecule has 0 radical (unpaired) electrons. The maximum Gasteiger partial charge on any atom is 0.337 e. The number of nitrogens with two attached hydrogens (primary N) is 1. The highest BCUT2D eigenvalue weighted by Gasteiger charge is 2.71. The smallest absolute Gasteiger partial charge is 0.337 e. The Hall–Kier alpha value is -1.87. The minimum absolute atomic E-state index is 0.0929. The van der Waals surface area contributed by atoms with E-state index in [1.807, 2.05) is 12.1 Å². The molecule has 3 heteroatoms. The summed E-state index contributed by atoms with van der Waals surface area (Å²) in [7, 11) is 1.45. The number of ether oxygens (including phenoxy) is 1. The number of benzene rings is 1. The molecule has 0 spiro atoms. The van der Waals surface area contributed by atoms with Crippen LogP contribution in [0.1, 0.15) is 115 Å². The Kier molecular flexibility index (Phi) is 6.40. The van der Waals surface area contributed by atoms with E-state index in [-0.39, 0.29) is 27.8 Å². The second-order valence-electron chi connectivity index (χ2n) is 15.9. The van der Waals surface area contributed by atoms with Crippen molar-refractivity contribution in [1.29, 1.82) is 0 Å². The van der Waals surface area contributed by atoms with E-state index in [9.17, 15) is 4.79 Å². The van der Waals surface area contributed by atoms with E-state index in [4.69, 9.17) is 10.5 Å². The lowest BCUT2D eigenvalue weighted by Crippen LogP contribution is -2.68. The zero-order valence-electron chi connectivity index (χ0n) is 26.2. The van der Waals surface area contributed by atoms with Gasteiger partial charge in [0.2, 0.25) is 0 Å². The van der Waals surface area contributed by atoms with Gasteiger partial charge < -0.3 is 10.5 Å². The van der Waals surface area contributed by atoms with Gasteiger partial charge in [0.15, 0.2) is 0 Å². The molecule has 1 aromatic rings. The molecule has 4 fully saturated rings. The van der Waals surface area contributed by atoms with Crippen LogP contribution in [-0.2, 0) is 10.2 Å². The van der Waals surface area contributed by atoms with Crippen LogP contribution in [0.15, 0.2) is 48.6 Å². The van der Waals surface area contributed by atoms with E-state index in [2.05, 4.69) is 78.0 Å². The third-order valence-electron chi connectivity index (χ3n) is 14.2. The SMILES string of the molecule is CC=C[C@]1(c2ccc(C(=O)OC)cc2)CC[C@@]2(N)CC[C@]3(C)[C@H](CC[C@@H]4[C@@]5(C)CC=CC(C)(C)[C@H]5CC[C@]43C)[C@@H]21. The van der Waals surface area contributed by atoms with E-state index < -0.39 is 0 Å². The van der Waals surface area contributed by atoms with E-state index in [1.54, 1.807) is 0 Å². The lowest BCUT2D eigenvalue weighted by atomic mass is 9.33. The molecule has 0 unspecified atom stereocenters. The zero-order valence-corrected chi connectivity index (χ0v) is 26.2. The van der Waals surface area contributed by atoms with Crippen LogP contribution >= 0.6 is 0 Å². The maximum atomic E-state index is 12.2. The first-order valence-corrected chi connectivity index (χ1v) is 16.1. The Balaban J connectivity index is 1.43. The van der Waals surface area contributed by atoms with Crippen LogP contribution in [0.5, 0.6) is 0 Å². The average Bonchev–Trinajstić information content (AvgIpc) is 3.22. The number of hydrogen-bond acceptors (Lipinski definition) is 3. The largest absolute Gasteiger partial charge is 0.465 e. The highest BCUT2D eigenvalue weighted by molar-refractivity contribution is 5.89. The minimum atomic E-state index is -0.271. The van der Waals surface area contributed by atoms with Gasteiger partial charge in [-0.3, -0.25) is 0 Å². The first-order chi connectivity index (χ1) is 18.8. The van der Waals surface area contributed by atoms with Gasteiger partial charge in [0, 0.05) is 11.0 Å². The second kappa shape index (κ2) is 9.06. The molecule has 218 valence electrons. The van der Waals surface area contributed by atoms with E-state index >= 15 is 0 Å². The molecule has 5 aliphatic rings. The quantitative estimate of drug-likeness (QED) is 0.307. The number of esters is 1. The topological polar surface area (TPSA) is 52.3 Å². The molecule has 0 heterocycles. The van der Waals surface area contributed by atoms with Crippen molar-refractivity contribution in [3.63, 3.8) is 0 Å². The molecule has 2 N–H and O–H groups in total. The van der Waals surface area contributed by atoms with Crippen molar-refractivity contribution in [3.05, 3.63) is 59.7 Å². The first kappa shape index (κ1) is 28.3. The van der Waals surface area contributed by atoms with Crippen molar-refractivity contribution in [3.8, 4) is 0 Å². The van der Waals surface area contributed by atoms with Crippen molar-refractivity contribution >= 4 is 5.97 Å². The molecule has 4 saturated carbocycles. The fourth-order valence-electron chi connectivity index (χ4n) is 12.3. The van der Waals surface area contributed by atoms with Gasteiger partial charge >= 0.3 is 5.97 Å². The van der Waals surface area contributed by atoms with Crippen LogP contribution in [-0.4, -0.2) is 18.6 Å². The summed E-state index contributed by atoms with van der Waals surface area (Å²) in [6.45, 7) is 15.2. The minimum Gasteiger partial charge on any atom is -0.465 e. The molecule has 9 atom stereocenters. The predicted octanol–water partition coefficient (Wildman–Crippen LogP) is 8.63. The number of fused-ring (bicyclic) bond motifs is 7. The number of carbonyl (C=O) groups is 1. The Bertz CT molecular complexity index is 1230. The van der Waals surface area contributed by atoms with E-state index in [1.165, 1.54) is 51.2 Å². The fourth-order valence-corrected chi connectivity index (χ4v) is 12.3.